The second-order valence-electron chi connectivity index (χ2n) is 16.2. The van der Waals surface area contributed by atoms with Crippen LogP contribution in [0.4, 0.5) is 0 Å². The largest absolute Gasteiger partial charge is 0.457 e. The number of rotatable bonds is 35. The van der Waals surface area contributed by atoms with Crippen molar-refractivity contribution in [2.45, 2.75) is 229 Å². The minimum Gasteiger partial charge on any atom is -0.457 e. The Bertz CT molecular complexity index is 1020. The molecule has 0 spiro atoms. The standard InChI is InChI=1S/C44H82O14/c1-3-5-7-9-11-13-15-16-17-18-19-21-23-25-27-36(46)56-33(30-53-28-26-24-22-20-14-12-10-8-6-4-2)31-54-43-42(52)40(50)38(48)35(58-43)32-55-44-41(51)39(49)37(47)34(29-45)57-44/h15-16,33-35,37-45,47-52H,3-14,17-32H2,1-2H3/b16-15-. The first-order chi connectivity index (χ1) is 28.1. The van der Waals surface area contributed by atoms with Crippen LogP contribution in [-0.2, 0) is 33.2 Å². The van der Waals surface area contributed by atoms with Crippen molar-refractivity contribution in [3.8, 4) is 0 Å². The molecule has 7 N–H and O–H groups in total. The topological polar surface area (TPSA) is 214 Å². The summed E-state index contributed by atoms with van der Waals surface area (Å²) in [5.41, 5.74) is 0. The molecular formula is C44H82O14. The minimum atomic E-state index is -1.70. The van der Waals surface area contributed by atoms with Crippen molar-refractivity contribution in [2.75, 3.05) is 33.0 Å². The summed E-state index contributed by atoms with van der Waals surface area (Å²) in [5.74, 6) is -0.385. The van der Waals surface area contributed by atoms with Crippen molar-refractivity contribution < 1.29 is 69.0 Å². The Morgan fingerprint density at radius 3 is 1.57 bits per heavy atom. The summed E-state index contributed by atoms with van der Waals surface area (Å²) in [6.45, 7) is 3.65. The van der Waals surface area contributed by atoms with Gasteiger partial charge in [-0.15, -0.1) is 0 Å². The van der Waals surface area contributed by atoms with Gasteiger partial charge in [0.2, 0.25) is 0 Å². The van der Waals surface area contributed by atoms with Gasteiger partial charge in [-0.1, -0.05) is 129 Å². The van der Waals surface area contributed by atoms with Crippen LogP contribution in [0.3, 0.4) is 0 Å². The summed E-state index contributed by atoms with van der Waals surface area (Å²) in [4.78, 5) is 12.9. The van der Waals surface area contributed by atoms with Crippen molar-refractivity contribution in [1.82, 2.24) is 0 Å². The summed E-state index contributed by atoms with van der Waals surface area (Å²) >= 11 is 0. The van der Waals surface area contributed by atoms with Crippen molar-refractivity contribution in [3.05, 3.63) is 12.2 Å². The zero-order chi connectivity index (χ0) is 42.4. The van der Waals surface area contributed by atoms with Gasteiger partial charge in [-0.2, -0.15) is 0 Å². The number of esters is 1. The Kier molecular flexibility index (Phi) is 30.4. The molecule has 14 nitrogen and oxygen atoms in total. The number of ether oxygens (including phenoxy) is 6. The van der Waals surface area contributed by atoms with Crippen LogP contribution in [0, 0.1) is 0 Å². The van der Waals surface area contributed by atoms with E-state index < -0.39 is 80.7 Å². The lowest BCUT2D eigenvalue weighted by Crippen LogP contribution is -2.61. The lowest BCUT2D eigenvalue weighted by atomic mass is 9.98. The van der Waals surface area contributed by atoms with Crippen molar-refractivity contribution >= 4 is 5.97 Å². The van der Waals surface area contributed by atoms with E-state index >= 15 is 0 Å². The number of carbonyl (C=O) groups excluding carboxylic acids is 1. The molecule has 0 bridgehead atoms. The fourth-order valence-electron chi connectivity index (χ4n) is 7.22. The molecule has 0 aromatic rings. The van der Waals surface area contributed by atoms with Crippen LogP contribution in [-0.4, -0.2) is 142 Å². The van der Waals surface area contributed by atoms with Gasteiger partial charge in [0.1, 0.15) is 54.9 Å². The van der Waals surface area contributed by atoms with Gasteiger partial charge >= 0.3 is 5.97 Å². The molecule has 342 valence electrons. The fourth-order valence-corrected chi connectivity index (χ4v) is 7.22. The molecule has 0 aliphatic carbocycles. The maximum atomic E-state index is 12.9. The van der Waals surface area contributed by atoms with Crippen molar-refractivity contribution in [1.29, 1.82) is 0 Å². The molecule has 0 radical (unpaired) electrons. The molecule has 0 aromatic heterocycles. The minimum absolute atomic E-state index is 0.0626. The molecule has 2 heterocycles. The lowest BCUT2D eigenvalue weighted by molar-refractivity contribution is -0.332. The summed E-state index contributed by atoms with van der Waals surface area (Å²) < 4.78 is 34.1. The van der Waals surface area contributed by atoms with Gasteiger partial charge in [-0.25, -0.2) is 0 Å². The monoisotopic (exact) mass is 835 g/mol. The molecule has 11 unspecified atom stereocenters. The van der Waals surface area contributed by atoms with E-state index in [9.17, 15) is 40.5 Å². The van der Waals surface area contributed by atoms with Crippen LogP contribution in [0.25, 0.3) is 0 Å². The van der Waals surface area contributed by atoms with Crippen LogP contribution >= 0.6 is 0 Å². The first-order valence-corrected chi connectivity index (χ1v) is 22.8. The summed E-state index contributed by atoms with van der Waals surface area (Å²) in [5, 5.41) is 71.8. The average molecular weight is 835 g/mol. The van der Waals surface area contributed by atoms with Gasteiger partial charge < -0.3 is 64.2 Å². The van der Waals surface area contributed by atoms with E-state index in [-0.39, 0.29) is 25.6 Å². The molecule has 2 rings (SSSR count). The van der Waals surface area contributed by atoms with Crippen LogP contribution in [0.2, 0.25) is 0 Å². The predicted octanol–water partition coefficient (Wildman–Crippen LogP) is 5.12. The molecule has 2 aliphatic rings. The first kappa shape index (κ1) is 52.9. The second-order valence-corrected chi connectivity index (χ2v) is 16.2. The number of aliphatic hydroxyl groups excluding tert-OH is 7. The zero-order valence-electron chi connectivity index (χ0n) is 35.8. The third kappa shape index (κ3) is 22.0. The highest BCUT2D eigenvalue weighted by Gasteiger charge is 2.47. The molecule has 2 aliphatic heterocycles. The SMILES string of the molecule is CCCCCCC/C=C\CCCCCCCC(=O)OC(COCCCCCCCCCCCC)COC1OC(COC2OC(CO)C(O)C(O)C2O)C(O)C(O)C1O. The van der Waals surface area contributed by atoms with Crippen LogP contribution < -0.4 is 0 Å². The third-order valence-corrected chi connectivity index (χ3v) is 11.0. The van der Waals surface area contributed by atoms with Crippen LogP contribution in [0.5, 0.6) is 0 Å². The number of carbonyl (C=O) groups is 1. The summed E-state index contributed by atoms with van der Waals surface area (Å²) in [7, 11) is 0. The van der Waals surface area contributed by atoms with E-state index in [1.54, 1.807) is 0 Å². The Labute approximate surface area is 348 Å². The van der Waals surface area contributed by atoms with Gasteiger partial charge in [-0.05, 0) is 38.5 Å². The van der Waals surface area contributed by atoms with E-state index in [0.29, 0.717) is 13.0 Å². The molecule has 0 aromatic carbocycles. The number of allylic oxidation sites excluding steroid dienone is 2. The molecule has 0 saturated carbocycles. The summed E-state index contributed by atoms with van der Waals surface area (Å²) in [6, 6.07) is 0. The number of aliphatic hydroxyl groups is 7. The molecule has 2 saturated heterocycles. The fraction of sp³-hybridized carbons (Fsp3) is 0.932. The smallest absolute Gasteiger partial charge is 0.306 e. The highest BCUT2D eigenvalue weighted by atomic mass is 16.7. The number of hydrogen-bond donors (Lipinski definition) is 7. The Morgan fingerprint density at radius 2 is 1.02 bits per heavy atom. The van der Waals surface area contributed by atoms with E-state index in [4.69, 9.17) is 28.4 Å². The first-order valence-electron chi connectivity index (χ1n) is 22.8. The normalized spacial score (nSPS) is 28.3. The van der Waals surface area contributed by atoms with Crippen LogP contribution in [0.15, 0.2) is 12.2 Å². The van der Waals surface area contributed by atoms with Gasteiger partial charge in [-0.3, -0.25) is 4.79 Å². The predicted molar refractivity (Wildman–Crippen MR) is 220 cm³/mol. The number of unbranched alkanes of at least 4 members (excludes halogenated alkanes) is 19. The maximum Gasteiger partial charge on any atom is 0.306 e. The Balaban J connectivity index is 1.82. The molecule has 14 heteroatoms. The van der Waals surface area contributed by atoms with Gasteiger partial charge in [0.25, 0.3) is 0 Å². The van der Waals surface area contributed by atoms with E-state index in [1.165, 1.54) is 77.0 Å². The quantitative estimate of drug-likeness (QED) is 0.0251. The molecule has 58 heavy (non-hydrogen) atoms. The van der Waals surface area contributed by atoms with Crippen molar-refractivity contribution in [2.24, 2.45) is 0 Å². The molecular weight excluding hydrogens is 752 g/mol. The molecule has 0 amide bonds. The third-order valence-electron chi connectivity index (χ3n) is 11.0. The summed E-state index contributed by atoms with van der Waals surface area (Å²) in [6.07, 6.45) is 14.3. The highest BCUT2D eigenvalue weighted by Crippen LogP contribution is 2.26. The van der Waals surface area contributed by atoms with E-state index in [1.807, 2.05) is 0 Å². The van der Waals surface area contributed by atoms with E-state index in [0.717, 1.165) is 57.8 Å². The van der Waals surface area contributed by atoms with Gasteiger partial charge in [0, 0.05) is 13.0 Å². The second kappa shape index (κ2) is 33.4. The Morgan fingerprint density at radius 1 is 0.552 bits per heavy atom. The number of hydrogen-bond acceptors (Lipinski definition) is 14. The van der Waals surface area contributed by atoms with Gasteiger partial charge in [0.15, 0.2) is 12.6 Å². The lowest BCUT2D eigenvalue weighted by Gasteiger charge is -2.42. The Hall–Kier alpha value is -1.27. The highest BCUT2D eigenvalue weighted by molar-refractivity contribution is 5.69. The molecule has 2 fully saturated rings. The van der Waals surface area contributed by atoms with Crippen molar-refractivity contribution in [3.63, 3.8) is 0 Å². The van der Waals surface area contributed by atoms with Gasteiger partial charge in [0.05, 0.1) is 26.4 Å². The molecule has 11 atom stereocenters. The van der Waals surface area contributed by atoms with Crippen LogP contribution in [0.1, 0.15) is 162 Å². The van der Waals surface area contributed by atoms with E-state index in [2.05, 4.69) is 26.0 Å². The zero-order valence-corrected chi connectivity index (χ0v) is 35.8. The maximum absolute atomic E-state index is 12.9. The average Bonchev–Trinajstić information content (AvgIpc) is 3.22.